The van der Waals surface area contributed by atoms with Crippen LogP contribution in [0.5, 0.6) is 5.75 Å². The molecule has 2 amide bonds. The van der Waals surface area contributed by atoms with Crippen molar-refractivity contribution in [1.29, 1.82) is 0 Å². The summed E-state index contributed by atoms with van der Waals surface area (Å²) in [7, 11) is 4.07. The molecule has 0 radical (unpaired) electrons. The fourth-order valence-corrected chi connectivity index (χ4v) is 2.99. The van der Waals surface area contributed by atoms with Crippen molar-refractivity contribution in [2.45, 2.75) is 25.3 Å². The highest BCUT2D eigenvalue weighted by Gasteiger charge is 2.25. The molecule has 1 heterocycles. The second-order valence-corrected chi connectivity index (χ2v) is 6.60. The molecule has 0 aromatic heterocycles. The van der Waals surface area contributed by atoms with E-state index in [0.717, 1.165) is 31.5 Å². The van der Waals surface area contributed by atoms with Crippen LogP contribution in [0.15, 0.2) is 30.3 Å². The number of piperidine rings is 1. The zero-order valence-corrected chi connectivity index (χ0v) is 15.0. The summed E-state index contributed by atoms with van der Waals surface area (Å²) >= 11 is 0. The minimum absolute atomic E-state index is 0.0561. The van der Waals surface area contributed by atoms with Crippen LogP contribution in [0.2, 0.25) is 0 Å². The Labute approximate surface area is 149 Å². The predicted octanol–water partition coefficient (Wildman–Crippen LogP) is 1.51. The third-order valence-electron chi connectivity index (χ3n) is 4.17. The Morgan fingerprint density at radius 3 is 2.64 bits per heavy atom. The van der Waals surface area contributed by atoms with Crippen LogP contribution >= 0.6 is 0 Å². The van der Waals surface area contributed by atoms with Gasteiger partial charge in [-0.15, -0.1) is 0 Å². The van der Waals surface area contributed by atoms with Gasteiger partial charge in [-0.25, -0.2) is 0 Å². The minimum Gasteiger partial charge on any atom is -0.484 e. The molecule has 1 unspecified atom stereocenters. The Morgan fingerprint density at radius 2 is 2.00 bits per heavy atom. The van der Waals surface area contributed by atoms with Crippen molar-refractivity contribution in [3.05, 3.63) is 35.9 Å². The van der Waals surface area contributed by atoms with Crippen LogP contribution in [-0.4, -0.2) is 61.4 Å². The van der Waals surface area contributed by atoms with E-state index in [9.17, 15) is 9.59 Å². The van der Waals surface area contributed by atoms with Crippen molar-refractivity contribution in [2.75, 3.05) is 33.8 Å². The zero-order chi connectivity index (χ0) is 18.2. The lowest BCUT2D eigenvalue weighted by molar-refractivity contribution is -0.129. The predicted molar refractivity (Wildman–Crippen MR) is 98.1 cm³/mol. The molecule has 1 aromatic rings. The summed E-state index contributed by atoms with van der Waals surface area (Å²) in [5, 5.41) is 0. The first kappa shape index (κ1) is 19.0. The van der Waals surface area contributed by atoms with Gasteiger partial charge in [-0.2, -0.15) is 0 Å². The Hall–Kier alpha value is -2.34. The molecule has 0 spiro atoms. The number of nitrogens with two attached hydrogens (primary N) is 1. The zero-order valence-electron chi connectivity index (χ0n) is 15.0. The van der Waals surface area contributed by atoms with Gasteiger partial charge >= 0.3 is 0 Å². The summed E-state index contributed by atoms with van der Waals surface area (Å²) in [6.45, 7) is 1.57. The van der Waals surface area contributed by atoms with Crippen LogP contribution in [-0.2, 0) is 9.59 Å². The third-order valence-corrected chi connectivity index (χ3v) is 4.17. The fraction of sp³-hybridized carbons (Fsp3) is 0.474. The van der Waals surface area contributed by atoms with Gasteiger partial charge in [0.2, 0.25) is 5.91 Å². The molecule has 1 atom stereocenters. The second kappa shape index (κ2) is 9.22. The molecular formula is C19H27N3O3. The SMILES string of the molecule is CN(C)CC1CCCCN1C(=O)C=Cc1ccc(OCC(N)=O)cc1. The summed E-state index contributed by atoms with van der Waals surface area (Å²) in [6.07, 6.45) is 6.74. The quantitative estimate of drug-likeness (QED) is 0.760. The second-order valence-electron chi connectivity index (χ2n) is 6.60. The Kier molecular flexibility index (Phi) is 7.01. The van der Waals surface area contributed by atoms with Crippen molar-refractivity contribution in [3.63, 3.8) is 0 Å². The number of likely N-dealkylation sites (tertiary alicyclic amines) is 1. The van der Waals surface area contributed by atoms with Gasteiger partial charge in [0.25, 0.3) is 5.91 Å². The smallest absolute Gasteiger partial charge is 0.255 e. The lowest BCUT2D eigenvalue weighted by Gasteiger charge is -2.36. The molecule has 6 heteroatoms. The number of carbonyl (C=O) groups excluding carboxylic acids is 2. The minimum atomic E-state index is -0.511. The third kappa shape index (κ3) is 6.23. The first-order valence-electron chi connectivity index (χ1n) is 8.60. The molecule has 25 heavy (non-hydrogen) atoms. The molecule has 1 aromatic carbocycles. The number of amides is 2. The molecule has 136 valence electrons. The Bertz CT molecular complexity index is 611. The van der Waals surface area contributed by atoms with E-state index in [2.05, 4.69) is 4.90 Å². The fourth-order valence-electron chi connectivity index (χ4n) is 2.99. The number of ether oxygens (including phenoxy) is 1. The topological polar surface area (TPSA) is 75.9 Å². The van der Waals surface area contributed by atoms with Crippen LogP contribution in [0, 0.1) is 0 Å². The van der Waals surface area contributed by atoms with Crippen molar-refractivity contribution in [2.24, 2.45) is 5.73 Å². The number of nitrogens with zero attached hydrogens (tertiary/aromatic N) is 2. The average Bonchev–Trinajstić information content (AvgIpc) is 2.58. The van der Waals surface area contributed by atoms with Gasteiger partial charge in [-0.1, -0.05) is 12.1 Å². The van der Waals surface area contributed by atoms with Crippen molar-refractivity contribution in [1.82, 2.24) is 9.80 Å². The van der Waals surface area contributed by atoms with Crippen molar-refractivity contribution < 1.29 is 14.3 Å². The maximum atomic E-state index is 12.6. The maximum Gasteiger partial charge on any atom is 0.255 e. The molecule has 1 aliphatic heterocycles. The number of rotatable bonds is 7. The lowest BCUT2D eigenvalue weighted by atomic mass is 10.0. The van der Waals surface area contributed by atoms with E-state index in [1.165, 1.54) is 6.42 Å². The van der Waals surface area contributed by atoms with Crippen LogP contribution in [0.4, 0.5) is 0 Å². The Morgan fingerprint density at radius 1 is 1.28 bits per heavy atom. The van der Waals surface area contributed by atoms with E-state index in [1.807, 2.05) is 37.2 Å². The standard InChI is InChI=1S/C19H27N3O3/c1-21(2)13-16-5-3-4-12-22(16)19(24)11-8-15-6-9-17(10-7-15)25-14-18(20)23/h6-11,16H,3-5,12-14H2,1-2H3,(H2,20,23). The van der Waals surface area contributed by atoms with E-state index in [-0.39, 0.29) is 18.6 Å². The number of benzene rings is 1. The van der Waals surface area contributed by atoms with Crippen LogP contribution in [0.25, 0.3) is 6.08 Å². The first-order valence-corrected chi connectivity index (χ1v) is 8.60. The summed E-state index contributed by atoms with van der Waals surface area (Å²) < 4.78 is 5.22. The summed E-state index contributed by atoms with van der Waals surface area (Å²) in [6, 6.07) is 7.47. The van der Waals surface area contributed by atoms with E-state index in [0.29, 0.717) is 5.75 Å². The van der Waals surface area contributed by atoms with Crippen molar-refractivity contribution >= 4 is 17.9 Å². The number of primary amides is 1. The van der Waals surface area contributed by atoms with Gasteiger partial charge in [-0.05, 0) is 57.1 Å². The molecule has 1 fully saturated rings. The normalized spacial score (nSPS) is 17.9. The summed E-state index contributed by atoms with van der Waals surface area (Å²) in [5.41, 5.74) is 5.95. The Balaban J connectivity index is 1.95. The van der Waals surface area contributed by atoms with Gasteiger partial charge in [0.15, 0.2) is 6.61 Å². The largest absolute Gasteiger partial charge is 0.484 e. The van der Waals surface area contributed by atoms with Crippen LogP contribution < -0.4 is 10.5 Å². The highest BCUT2D eigenvalue weighted by atomic mass is 16.5. The number of hydrogen-bond donors (Lipinski definition) is 1. The summed E-state index contributed by atoms with van der Waals surface area (Å²) in [4.78, 5) is 27.4. The van der Waals surface area contributed by atoms with Gasteiger partial charge < -0.3 is 20.3 Å². The molecule has 0 saturated carbocycles. The van der Waals surface area contributed by atoms with E-state index < -0.39 is 5.91 Å². The summed E-state index contributed by atoms with van der Waals surface area (Å²) in [5.74, 6) is 0.119. The maximum absolute atomic E-state index is 12.6. The number of carbonyl (C=O) groups is 2. The molecule has 2 N–H and O–H groups in total. The molecule has 6 nitrogen and oxygen atoms in total. The first-order chi connectivity index (χ1) is 12.0. The van der Waals surface area contributed by atoms with Crippen LogP contribution in [0.1, 0.15) is 24.8 Å². The van der Waals surface area contributed by atoms with Crippen molar-refractivity contribution in [3.8, 4) is 5.75 Å². The van der Waals surface area contributed by atoms with Gasteiger partial charge in [0.1, 0.15) is 5.75 Å². The van der Waals surface area contributed by atoms with E-state index in [1.54, 1.807) is 18.2 Å². The number of likely N-dealkylation sites (N-methyl/N-ethyl adjacent to an activating group) is 1. The monoisotopic (exact) mass is 345 g/mol. The highest BCUT2D eigenvalue weighted by molar-refractivity contribution is 5.92. The van der Waals surface area contributed by atoms with Gasteiger partial charge in [0, 0.05) is 25.2 Å². The molecule has 1 aliphatic rings. The lowest BCUT2D eigenvalue weighted by Crippen LogP contribution is -2.47. The molecule has 0 aliphatic carbocycles. The van der Waals surface area contributed by atoms with Gasteiger partial charge in [-0.3, -0.25) is 9.59 Å². The van der Waals surface area contributed by atoms with Crippen LogP contribution in [0.3, 0.4) is 0 Å². The molecule has 2 rings (SSSR count). The number of hydrogen-bond acceptors (Lipinski definition) is 4. The van der Waals surface area contributed by atoms with Gasteiger partial charge in [0.05, 0.1) is 0 Å². The van der Waals surface area contributed by atoms with E-state index in [4.69, 9.17) is 10.5 Å². The van der Waals surface area contributed by atoms with E-state index >= 15 is 0 Å². The molecule has 1 saturated heterocycles. The molecule has 0 bridgehead atoms. The highest BCUT2D eigenvalue weighted by Crippen LogP contribution is 2.19. The molecular weight excluding hydrogens is 318 g/mol. The average molecular weight is 345 g/mol.